The number of rotatable bonds is 7. The van der Waals surface area contributed by atoms with Crippen molar-refractivity contribution >= 4 is 11.9 Å². The largest absolute Gasteiger partial charge is 0.493 e. The second-order valence-corrected chi connectivity index (χ2v) is 6.51. The Hall–Kier alpha value is -2.04. The molecule has 2 atom stereocenters. The summed E-state index contributed by atoms with van der Waals surface area (Å²) >= 11 is 0. The van der Waals surface area contributed by atoms with Crippen molar-refractivity contribution in [3.8, 4) is 5.75 Å². The molecule has 1 amide bonds. The van der Waals surface area contributed by atoms with Crippen molar-refractivity contribution in [2.75, 3.05) is 13.2 Å². The van der Waals surface area contributed by atoms with Crippen LogP contribution in [0.15, 0.2) is 24.3 Å². The summed E-state index contributed by atoms with van der Waals surface area (Å²) in [6.45, 7) is 4.18. The van der Waals surface area contributed by atoms with Gasteiger partial charge in [0.05, 0.1) is 13.0 Å². The molecule has 1 aliphatic carbocycles. The molecule has 0 saturated heterocycles. The van der Waals surface area contributed by atoms with Gasteiger partial charge < -0.3 is 14.8 Å². The van der Waals surface area contributed by atoms with E-state index in [0.717, 1.165) is 30.6 Å². The van der Waals surface area contributed by atoms with Crippen LogP contribution in [0.25, 0.3) is 0 Å². The highest BCUT2D eigenvalue weighted by Gasteiger charge is 2.23. The number of benzene rings is 1. The maximum Gasteiger partial charge on any atom is 0.309 e. The Kier molecular flexibility index (Phi) is 7.09. The summed E-state index contributed by atoms with van der Waals surface area (Å²) in [5.74, 6) is 0.564. The fourth-order valence-electron chi connectivity index (χ4n) is 2.88. The first-order chi connectivity index (χ1) is 11.5. The van der Waals surface area contributed by atoms with Gasteiger partial charge in [0.2, 0.25) is 0 Å². The van der Waals surface area contributed by atoms with E-state index in [1.54, 1.807) is 0 Å². The van der Waals surface area contributed by atoms with E-state index in [9.17, 15) is 9.59 Å². The molecule has 1 saturated carbocycles. The highest BCUT2D eigenvalue weighted by molar-refractivity contribution is 5.80. The van der Waals surface area contributed by atoms with Crippen LogP contribution in [0.5, 0.6) is 5.75 Å². The lowest BCUT2D eigenvalue weighted by Crippen LogP contribution is -2.42. The SMILES string of the molecule is Cc1ccc(OCCC(=O)OCC(=O)N[C@H]2CCCC[C@H]2C)cc1. The van der Waals surface area contributed by atoms with E-state index < -0.39 is 5.97 Å². The summed E-state index contributed by atoms with van der Waals surface area (Å²) < 4.78 is 10.5. The molecule has 0 aromatic heterocycles. The van der Waals surface area contributed by atoms with E-state index >= 15 is 0 Å². The van der Waals surface area contributed by atoms with Gasteiger partial charge in [0.1, 0.15) is 5.75 Å². The Morgan fingerprint density at radius 1 is 1.17 bits per heavy atom. The lowest BCUT2D eigenvalue weighted by molar-refractivity contribution is -0.149. The van der Waals surface area contributed by atoms with E-state index in [-0.39, 0.29) is 31.6 Å². The third-order valence-electron chi connectivity index (χ3n) is 4.42. The topological polar surface area (TPSA) is 64.6 Å². The molecule has 5 heteroatoms. The van der Waals surface area contributed by atoms with Gasteiger partial charge in [-0.2, -0.15) is 0 Å². The third kappa shape index (κ3) is 6.22. The number of hydrogen-bond acceptors (Lipinski definition) is 4. The van der Waals surface area contributed by atoms with Crippen LogP contribution in [-0.4, -0.2) is 31.1 Å². The van der Waals surface area contributed by atoms with Gasteiger partial charge in [0.15, 0.2) is 6.61 Å². The molecule has 0 spiro atoms. The minimum absolute atomic E-state index is 0.126. The second-order valence-electron chi connectivity index (χ2n) is 6.51. The smallest absolute Gasteiger partial charge is 0.309 e. The second kappa shape index (κ2) is 9.30. The van der Waals surface area contributed by atoms with Crippen molar-refractivity contribution in [3.63, 3.8) is 0 Å². The summed E-state index contributed by atoms with van der Waals surface area (Å²) in [6.07, 6.45) is 4.64. The number of aryl methyl sites for hydroxylation is 1. The van der Waals surface area contributed by atoms with Crippen molar-refractivity contribution in [3.05, 3.63) is 29.8 Å². The van der Waals surface area contributed by atoms with Crippen LogP contribution in [0.3, 0.4) is 0 Å². The van der Waals surface area contributed by atoms with E-state index in [1.165, 1.54) is 6.42 Å². The average molecular weight is 333 g/mol. The van der Waals surface area contributed by atoms with Gasteiger partial charge in [-0.15, -0.1) is 0 Å². The Morgan fingerprint density at radius 2 is 1.88 bits per heavy atom. The molecule has 0 unspecified atom stereocenters. The molecule has 0 heterocycles. The Morgan fingerprint density at radius 3 is 2.58 bits per heavy atom. The zero-order valence-electron chi connectivity index (χ0n) is 14.5. The van der Waals surface area contributed by atoms with Gasteiger partial charge in [0, 0.05) is 6.04 Å². The van der Waals surface area contributed by atoms with E-state index in [0.29, 0.717) is 5.92 Å². The molecular weight excluding hydrogens is 306 g/mol. The van der Waals surface area contributed by atoms with Crippen LogP contribution in [-0.2, 0) is 14.3 Å². The van der Waals surface area contributed by atoms with Crippen molar-refractivity contribution in [2.24, 2.45) is 5.92 Å². The normalized spacial score (nSPS) is 20.2. The van der Waals surface area contributed by atoms with Crippen LogP contribution in [0, 0.1) is 12.8 Å². The lowest BCUT2D eigenvalue weighted by Gasteiger charge is -2.29. The number of carbonyl (C=O) groups is 2. The van der Waals surface area contributed by atoms with Crippen LogP contribution in [0.4, 0.5) is 0 Å². The molecule has 1 aromatic carbocycles. The molecular formula is C19H27NO4. The number of carbonyl (C=O) groups excluding carboxylic acids is 2. The first-order valence-corrected chi connectivity index (χ1v) is 8.69. The summed E-state index contributed by atoms with van der Waals surface area (Å²) in [4.78, 5) is 23.5. The Balaban J connectivity index is 1.60. The minimum Gasteiger partial charge on any atom is -0.493 e. The number of hydrogen-bond donors (Lipinski definition) is 1. The van der Waals surface area contributed by atoms with Crippen LogP contribution < -0.4 is 10.1 Å². The molecule has 0 aliphatic heterocycles. The van der Waals surface area contributed by atoms with Crippen molar-refractivity contribution in [1.82, 2.24) is 5.32 Å². The third-order valence-corrected chi connectivity index (χ3v) is 4.42. The van der Waals surface area contributed by atoms with E-state index in [4.69, 9.17) is 9.47 Å². The standard InChI is InChI=1S/C19H27NO4/c1-14-7-9-16(10-8-14)23-12-11-19(22)24-13-18(21)20-17-6-4-3-5-15(17)2/h7-10,15,17H,3-6,11-13H2,1-2H3,(H,20,21)/t15-,17+/m1/s1. The number of esters is 1. The molecule has 1 fully saturated rings. The average Bonchev–Trinajstić information content (AvgIpc) is 2.57. The van der Waals surface area contributed by atoms with Gasteiger partial charge in [0.25, 0.3) is 5.91 Å². The highest BCUT2D eigenvalue weighted by atomic mass is 16.5. The first-order valence-electron chi connectivity index (χ1n) is 8.69. The number of ether oxygens (including phenoxy) is 2. The first kappa shape index (κ1) is 18.3. The zero-order valence-corrected chi connectivity index (χ0v) is 14.5. The molecule has 24 heavy (non-hydrogen) atoms. The maximum absolute atomic E-state index is 11.9. The highest BCUT2D eigenvalue weighted by Crippen LogP contribution is 2.23. The predicted octanol–water partition coefficient (Wildman–Crippen LogP) is 3.00. The lowest BCUT2D eigenvalue weighted by atomic mass is 9.86. The van der Waals surface area contributed by atoms with Crippen molar-refractivity contribution in [2.45, 2.75) is 52.0 Å². The van der Waals surface area contributed by atoms with Crippen LogP contribution >= 0.6 is 0 Å². The fraction of sp³-hybridized carbons (Fsp3) is 0.579. The maximum atomic E-state index is 11.9. The molecule has 1 aromatic rings. The number of nitrogens with one attached hydrogen (secondary N) is 1. The van der Waals surface area contributed by atoms with Crippen molar-refractivity contribution < 1.29 is 19.1 Å². The molecule has 1 aliphatic rings. The van der Waals surface area contributed by atoms with Gasteiger partial charge >= 0.3 is 5.97 Å². The Bertz CT molecular complexity index is 541. The predicted molar refractivity (Wildman–Crippen MR) is 91.8 cm³/mol. The molecule has 132 valence electrons. The minimum atomic E-state index is -0.422. The summed E-state index contributed by atoms with van der Waals surface area (Å²) in [5.41, 5.74) is 1.15. The van der Waals surface area contributed by atoms with Gasteiger partial charge in [-0.25, -0.2) is 0 Å². The Labute approximate surface area is 143 Å². The summed E-state index contributed by atoms with van der Waals surface area (Å²) in [6, 6.07) is 7.82. The van der Waals surface area contributed by atoms with E-state index in [2.05, 4.69) is 12.2 Å². The van der Waals surface area contributed by atoms with Gasteiger partial charge in [-0.1, -0.05) is 37.5 Å². The molecule has 0 radical (unpaired) electrons. The molecule has 1 N–H and O–H groups in total. The molecule has 0 bridgehead atoms. The number of amides is 1. The van der Waals surface area contributed by atoms with Crippen LogP contribution in [0.2, 0.25) is 0 Å². The van der Waals surface area contributed by atoms with E-state index in [1.807, 2.05) is 31.2 Å². The monoisotopic (exact) mass is 333 g/mol. The summed E-state index contributed by atoms with van der Waals surface area (Å²) in [7, 11) is 0. The quantitative estimate of drug-likeness (QED) is 0.779. The fourth-order valence-corrected chi connectivity index (χ4v) is 2.88. The molecule has 2 rings (SSSR count). The van der Waals surface area contributed by atoms with Gasteiger partial charge in [-0.05, 0) is 37.8 Å². The van der Waals surface area contributed by atoms with Crippen LogP contribution in [0.1, 0.15) is 44.6 Å². The van der Waals surface area contributed by atoms with Crippen molar-refractivity contribution in [1.29, 1.82) is 0 Å². The zero-order chi connectivity index (χ0) is 17.4. The van der Waals surface area contributed by atoms with Gasteiger partial charge in [-0.3, -0.25) is 9.59 Å². The summed E-state index contributed by atoms with van der Waals surface area (Å²) in [5, 5.41) is 2.96. The molecule has 5 nitrogen and oxygen atoms in total.